The van der Waals surface area contributed by atoms with Gasteiger partial charge in [0.15, 0.2) is 11.5 Å². The number of nitrogens with zero attached hydrogens (tertiary/aromatic N) is 1. The summed E-state index contributed by atoms with van der Waals surface area (Å²) in [5.41, 5.74) is 1.38. The maximum absolute atomic E-state index is 12.6. The minimum Gasteiger partial charge on any atom is -0.493 e. The molecule has 0 aliphatic carbocycles. The summed E-state index contributed by atoms with van der Waals surface area (Å²) in [7, 11) is 3.07. The van der Waals surface area contributed by atoms with Gasteiger partial charge < -0.3 is 14.8 Å². The van der Waals surface area contributed by atoms with Gasteiger partial charge in [0.2, 0.25) is 0 Å². The van der Waals surface area contributed by atoms with Crippen molar-refractivity contribution in [3.05, 3.63) is 51.8 Å². The molecule has 7 heteroatoms. The second-order valence-corrected chi connectivity index (χ2v) is 7.26. The van der Waals surface area contributed by atoms with Crippen LogP contribution in [0.25, 0.3) is 9.88 Å². The lowest BCUT2D eigenvalue weighted by molar-refractivity contribution is 0.0947. The number of ether oxygens (including phenoxy) is 2. The van der Waals surface area contributed by atoms with E-state index in [0.717, 1.165) is 20.5 Å². The summed E-state index contributed by atoms with van der Waals surface area (Å²) in [5.74, 6) is 0.758. The number of hydrogen-bond acceptors (Lipinski definition) is 6. The number of thiophene rings is 1. The van der Waals surface area contributed by atoms with Gasteiger partial charge in [-0.05, 0) is 30.5 Å². The summed E-state index contributed by atoms with van der Waals surface area (Å²) in [4.78, 5) is 19.3. The predicted molar refractivity (Wildman–Crippen MR) is 101 cm³/mol. The lowest BCUT2D eigenvalue weighted by Crippen LogP contribution is -2.23. The van der Waals surface area contributed by atoms with Crippen molar-refractivity contribution in [3.8, 4) is 21.4 Å². The monoisotopic (exact) mass is 374 g/mol. The molecule has 0 unspecified atom stereocenters. The van der Waals surface area contributed by atoms with Crippen LogP contribution in [0, 0.1) is 6.92 Å². The number of rotatable bonds is 6. The van der Waals surface area contributed by atoms with Crippen molar-refractivity contribution in [2.24, 2.45) is 0 Å². The molecule has 130 valence electrons. The van der Waals surface area contributed by atoms with E-state index in [9.17, 15) is 4.79 Å². The first-order valence-electron chi connectivity index (χ1n) is 7.63. The first kappa shape index (κ1) is 17.4. The highest BCUT2D eigenvalue weighted by Crippen LogP contribution is 2.32. The van der Waals surface area contributed by atoms with Crippen LogP contribution in [0.15, 0.2) is 35.7 Å². The van der Waals surface area contributed by atoms with Gasteiger partial charge in [0.1, 0.15) is 5.01 Å². The Labute approximate surface area is 154 Å². The zero-order valence-electron chi connectivity index (χ0n) is 14.2. The van der Waals surface area contributed by atoms with E-state index in [1.54, 1.807) is 48.0 Å². The number of aryl methyl sites for hydroxylation is 1. The molecule has 1 aromatic carbocycles. The number of aromatic nitrogens is 1. The first-order valence-corrected chi connectivity index (χ1v) is 9.33. The number of amides is 1. The Bertz CT molecular complexity index is 873. The fourth-order valence-electron chi connectivity index (χ4n) is 2.42. The molecule has 1 N–H and O–H groups in total. The third-order valence-electron chi connectivity index (χ3n) is 3.68. The average Bonchev–Trinajstić information content (AvgIpc) is 3.28. The molecule has 0 aliphatic heterocycles. The van der Waals surface area contributed by atoms with Gasteiger partial charge in [-0.15, -0.1) is 22.7 Å². The third-order valence-corrected chi connectivity index (χ3v) is 5.88. The minimum absolute atomic E-state index is 0.207. The Morgan fingerprint density at radius 3 is 2.72 bits per heavy atom. The average molecular weight is 374 g/mol. The second kappa shape index (κ2) is 7.67. The van der Waals surface area contributed by atoms with Crippen LogP contribution in [0.5, 0.6) is 11.5 Å². The van der Waals surface area contributed by atoms with Crippen molar-refractivity contribution < 1.29 is 14.3 Å². The van der Waals surface area contributed by atoms with Gasteiger partial charge in [-0.1, -0.05) is 12.1 Å². The molecule has 0 atom stereocenters. The number of benzene rings is 1. The molecule has 25 heavy (non-hydrogen) atoms. The molecule has 5 nitrogen and oxygen atoms in total. The quantitative estimate of drug-likeness (QED) is 0.705. The van der Waals surface area contributed by atoms with E-state index in [4.69, 9.17) is 9.47 Å². The van der Waals surface area contributed by atoms with Crippen molar-refractivity contribution in [2.75, 3.05) is 14.2 Å². The second-order valence-electron chi connectivity index (χ2n) is 5.23. The molecule has 0 saturated heterocycles. The largest absolute Gasteiger partial charge is 0.493 e. The van der Waals surface area contributed by atoms with E-state index < -0.39 is 0 Å². The van der Waals surface area contributed by atoms with Crippen LogP contribution in [0.2, 0.25) is 0 Å². The summed E-state index contributed by atoms with van der Waals surface area (Å²) in [5, 5.41) is 5.95. The number of thiazole rings is 1. The van der Waals surface area contributed by atoms with E-state index in [-0.39, 0.29) is 5.91 Å². The van der Waals surface area contributed by atoms with Gasteiger partial charge in [-0.3, -0.25) is 4.79 Å². The van der Waals surface area contributed by atoms with Gasteiger partial charge in [-0.25, -0.2) is 4.98 Å². The molecule has 0 fully saturated rings. The summed E-state index contributed by atoms with van der Waals surface area (Å²) >= 11 is 3.26. The summed E-state index contributed by atoms with van der Waals surface area (Å²) < 4.78 is 10.6. The minimum atomic E-state index is -0.207. The van der Waals surface area contributed by atoms with Gasteiger partial charge in [0.05, 0.1) is 36.9 Å². The van der Waals surface area contributed by atoms with Gasteiger partial charge in [0.25, 0.3) is 5.91 Å². The zero-order valence-corrected chi connectivity index (χ0v) is 15.8. The third kappa shape index (κ3) is 3.67. The van der Waals surface area contributed by atoms with E-state index in [0.29, 0.717) is 23.6 Å². The maximum Gasteiger partial charge on any atom is 0.255 e. The van der Waals surface area contributed by atoms with E-state index in [2.05, 4.69) is 10.3 Å². The van der Waals surface area contributed by atoms with E-state index >= 15 is 0 Å². The topological polar surface area (TPSA) is 60.5 Å². The fraction of sp³-hybridized carbons (Fsp3) is 0.222. The zero-order chi connectivity index (χ0) is 17.8. The van der Waals surface area contributed by atoms with Crippen LogP contribution in [0.1, 0.15) is 20.9 Å². The normalized spacial score (nSPS) is 10.5. The first-order chi connectivity index (χ1) is 12.1. The maximum atomic E-state index is 12.6. The van der Waals surface area contributed by atoms with Crippen LogP contribution in [0.3, 0.4) is 0 Å². The van der Waals surface area contributed by atoms with Crippen molar-refractivity contribution >= 4 is 28.6 Å². The fourth-order valence-corrected chi connectivity index (χ4v) is 4.22. The van der Waals surface area contributed by atoms with Crippen LogP contribution in [0.4, 0.5) is 0 Å². The van der Waals surface area contributed by atoms with Crippen LogP contribution in [-0.2, 0) is 6.54 Å². The van der Waals surface area contributed by atoms with Crippen LogP contribution < -0.4 is 14.8 Å². The number of carbonyl (C=O) groups excluding carboxylic acids is 1. The highest BCUT2D eigenvalue weighted by atomic mass is 32.1. The Morgan fingerprint density at radius 1 is 1.20 bits per heavy atom. The number of nitrogens with one attached hydrogen (secondary N) is 1. The van der Waals surface area contributed by atoms with E-state index in [1.165, 1.54) is 7.11 Å². The highest BCUT2D eigenvalue weighted by molar-refractivity contribution is 7.21. The molecule has 0 aliphatic rings. The molecular weight excluding hydrogens is 356 g/mol. The number of carbonyl (C=O) groups is 1. The Morgan fingerprint density at radius 2 is 2.04 bits per heavy atom. The Balaban J connectivity index is 1.75. The molecule has 3 aromatic rings. The standard InChI is InChI=1S/C18H18N2O3S2/c1-11-15(25-18(20-11)14-8-5-9-24-14)10-19-17(21)12-6-4-7-13(22-2)16(12)23-3/h4-9H,10H2,1-3H3,(H,19,21). The lowest BCUT2D eigenvalue weighted by atomic mass is 10.1. The summed E-state index contributed by atoms with van der Waals surface area (Å²) in [6.45, 7) is 2.38. The van der Waals surface area contributed by atoms with Gasteiger partial charge in [0, 0.05) is 4.88 Å². The van der Waals surface area contributed by atoms with Crippen LogP contribution in [-0.4, -0.2) is 25.1 Å². The smallest absolute Gasteiger partial charge is 0.255 e. The van der Waals surface area contributed by atoms with Crippen molar-refractivity contribution in [3.63, 3.8) is 0 Å². The van der Waals surface area contributed by atoms with Gasteiger partial charge in [-0.2, -0.15) is 0 Å². The predicted octanol–water partition coefficient (Wildman–Crippen LogP) is 4.13. The van der Waals surface area contributed by atoms with Crippen molar-refractivity contribution in [1.82, 2.24) is 10.3 Å². The molecule has 2 heterocycles. The SMILES string of the molecule is COc1cccc(C(=O)NCc2sc(-c3cccs3)nc2C)c1OC. The molecule has 2 aromatic heterocycles. The van der Waals surface area contributed by atoms with Gasteiger partial charge >= 0.3 is 0 Å². The number of methoxy groups -OCH3 is 2. The van der Waals surface area contributed by atoms with Crippen LogP contribution >= 0.6 is 22.7 Å². The number of hydrogen-bond donors (Lipinski definition) is 1. The van der Waals surface area contributed by atoms with E-state index in [1.807, 2.05) is 24.4 Å². The molecule has 0 saturated carbocycles. The Hall–Kier alpha value is -2.38. The summed E-state index contributed by atoms with van der Waals surface area (Å²) in [6.07, 6.45) is 0. The molecule has 3 rings (SSSR count). The summed E-state index contributed by atoms with van der Waals surface area (Å²) in [6, 6.07) is 9.30. The molecular formula is C18H18N2O3S2. The molecule has 0 radical (unpaired) electrons. The highest BCUT2D eigenvalue weighted by Gasteiger charge is 2.17. The van der Waals surface area contributed by atoms with Crippen molar-refractivity contribution in [2.45, 2.75) is 13.5 Å². The van der Waals surface area contributed by atoms with Crippen molar-refractivity contribution in [1.29, 1.82) is 0 Å². The Kier molecular flexibility index (Phi) is 5.35. The molecule has 0 spiro atoms. The molecule has 0 bridgehead atoms. The lowest BCUT2D eigenvalue weighted by Gasteiger charge is -2.12. The number of para-hydroxylation sites is 1. The molecule has 1 amide bonds.